The number of aromatic nitrogens is 4. The van der Waals surface area contributed by atoms with Crippen LogP contribution in [0.15, 0.2) is 6.20 Å². The van der Waals surface area contributed by atoms with Crippen LogP contribution in [0.3, 0.4) is 0 Å². The van der Waals surface area contributed by atoms with Crippen LogP contribution in [0.1, 0.15) is 32.6 Å². The number of nitrogens with one attached hydrogen (secondary N) is 1. The number of piperidine rings is 1. The zero-order chi connectivity index (χ0) is 16.1. The molecule has 7 nitrogen and oxygen atoms in total. The molecule has 1 saturated heterocycles. The van der Waals surface area contributed by atoms with Crippen molar-refractivity contribution in [3.05, 3.63) is 6.20 Å². The minimum Gasteiger partial charge on any atom is -0.468 e. The summed E-state index contributed by atoms with van der Waals surface area (Å²) in [4.78, 5) is 13.3. The van der Waals surface area contributed by atoms with Crippen LogP contribution in [-0.2, 0) is 6.54 Å². The first-order valence-electron chi connectivity index (χ1n) is 8.42. The highest BCUT2D eigenvalue weighted by Crippen LogP contribution is 2.24. The van der Waals surface area contributed by atoms with Gasteiger partial charge in [0.25, 0.3) is 6.01 Å². The molecular formula is C16H25N5O2. The maximum atomic E-state index is 5.63. The standard InChI is InChI=1S/C16H25N5O2/c1-3-4-8-23-15-18-10-13-14(20-15)21(16(19-13)22-2)11-12-6-5-7-17-9-12/h10,12,17H,3-9,11H2,1-2H3. The Morgan fingerprint density at radius 1 is 1.39 bits per heavy atom. The summed E-state index contributed by atoms with van der Waals surface area (Å²) in [5, 5.41) is 3.45. The van der Waals surface area contributed by atoms with Crippen LogP contribution in [-0.4, -0.2) is 46.3 Å². The van der Waals surface area contributed by atoms with E-state index in [9.17, 15) is 0 Å². The maximum absolute atomic E-state index is 5.63. The summed E-state index contributed by atoms with van der Waals surface area (Å²) in [6.45, 7) is 5.74. The molecule has 1 aliphatic rings. The van der Waals surface area contributed by atoms with Gasteiger partial charge in [-0.25, -0.2) is 4.98 Å². The van der Waals surface area contributed by atoms with E-state index in [1.54, 1.807) is 13.3 Å². The number of imidazole rings is 1. The van der Waals surface area contributed by atoms with Crippen LogP contribution in [0.2, 0.25) is 0 Å². The molecule has 126 valence electrons. The molecule has 0 spiro atoms. The number of rotatable bonds is 7. The van der Waals surface area contributed by atoms with E-state index < -0.39 is 0 Å². The van der Waals surface area contributed by atoms with Crippen LogP contribution in [0.4, 0.5) is 0 Å². The second-order valence-electron chi connectivity index (χ2n) is 5.98. The Morgan fingerprint density at radius 2 is 2.30 bits per heavy atom. The minimum absolute atomic E-state index is 0.413. The largest absolute Gasteiger partial charge is 0.468 e. The Balaban J connectivity index is 1.85. The summed E-state index contributed by atoms with van der Waals surface area (Å²) in [5.74, 6) is 0.564. The normalized spacial score (nSPS) is 18.3. The lowest BCUT2D eigenvalue weighted by molar-refractivity contribution is 0.284. The van der Waals surface area contributed by atoms with Crippen molar-refractivity contribution >= 4 is 11.2 Å². The van der Waals surface area contributed by atoms with Gasteiger partial charge in [-0.1, -0.05) is 13.3 Å². The quantitative estimate of drug-likeness (QED) is 0.787. The Hall–Kier alpha value is -1.89. The molecular weight excluding hydrogens is 294 g/mol. The fourth-order valence-electron chi connectivity index (χ4n) is 2.92. The Labute approximate surface area is 136 Å². The molecule has 1 N–H and O–H groups in total. The van der Waals surface area contributed by atoms with Gasteiger partial charge >= 0.3 is 6.01 Å². The second kappa shape index (κ2) is 7.59. The van der Waals surface area contributed by atoms with E-state index in [0.717, 1.165) is 43.6 Å². The van der Waals surface area contributed by atoms with E-state index in [4.69, 9.17) is 9.47 Å². The van der Waals surface area contributed by atoms with Gasteiger partial charge in [-0.05, 0) is 38.3 Å². The van der Waals surface area contributed by atoms with Crippen molar-refractivity contribution in [1.82, 2.24) is 24.8 Å². The van der Waals surface area contributed by atoms with Gasteiger partial charge in [0.1, 0.15) is 5.52 Å². The summed E-state index contributed by atoms with van der Waals surface area (Å²) in [6.07, 6.45) is 6.21. The molecule has 0 amide bonds. The molecule has 1 aliphatic heterocycles. The van der Waals surface area contributed by atoms with E-state index >= 15 is 0 Å². The molecule has 0 saturated carbocycles. The second-order valence-corrected chi connectivity index (χ2v) is 5.98. The Kier molecular flexibility index (Phi) is 5.27. The maximum Gasteiger partial charge on any atom is 0.318 e. The number of hydrogen-bond donors (Lipinski definition) is 1. The smallest absolute Gasteiger partial charge is 0.318 e. The number of nitrogens with zero attached hydrogens (tertiary/aromatic N) is 4. The predicted molar refractivity (Wildman–Crippen MR) is 87.9 cm³/mol. The minimum atomic E-state index is 0.413. The molecule has 0 radical (unpaired) electrons. The van der Waals surface area contributed by atoms with Gasteiger partial charge in [0, 0.05) is 6.54 Å². The van der Waals surface area contributed by atoms with Crippen LogP contribution in [0, 0.1) is 5.92 Å². The zero-order valence-corrected chi connectivity index (χ0v) is 13.9. The van der Waals surface area contributed by atoms with Gasteiger partial charge in [0.15, 0.2) is 5.65 Å². The molecule has 0 bridgehead atoms. The third-order valence-electron chi connectivity index (χ3n) is 4.18. The van der Waals surface area contributed by atoms with Gasteiger partial charge in [-0.3, -0.25) is 4.57 Å². The number of hydrogen-bond acceptors (Lipinski definition) is 6. The molecule has 7 heteroatoms. The fourth-order valence-corrected chi connectivity index (χ4v) is 2.92. The predicted octanol–water partition coefficient (Wildman–Crippen LogP) is 2.01. The van der Waals surface area contributed by atoms with Gasteiger partial charge in [-0.2, -0.15) is 9.97 Å². The number of unbranched alkanes of at least 4 members (excludes halogenated alkanes) is 1. The van der Waals surface area contributed by atoms with Gasteiger partial charge in [0.2, 0.25) is 0 Å². The number of fused-ring (bicyclic) bond motifs is 1. The highest BCUT2D eigenvalue weighted by atomic mass is 16.5. The summed E-state index contributed by atoms with van der Waals surface area (Å²) < 4.78 is 13.1. The van der Waals surface area contributed by atoms with Crippen molar-refractivity contribution in [3.8, 4) is 12.0 Å². The lowest BCUT2D eigenvalue weighted by atomic mass is 10.00. The first-order chi connectivity index (χ1) is 11.3. The van der Waals surface area contributed by atoms with Crippen molar-refractivity contribution in [3.63, 3.8) is 0 Å². The highest BCUT2D eigenvalue weighted by Gasteiger charge is 2.20. The Bertz CT molecular complexity index is 637. The van der Waals surface area contributed by atoms with Crippen LogP contribution >= 0.6 is 0 Å². The molecule has 2 aromatic heterocycles. The average molecular weight is 319 g/mol. The molecule has 3 heterocycles. The molecule has 23 heavy (non-hydrogen) atoms. The third kappa shape index (κ3) is 3.72. The van der Waals surface area contributed by atoms with Crippen molar-refractivity contribution in [1.29, 1.82) is 0 Å². The fraction of sp³-hybridized carbons (Fsp3) is 0.688. The SMILES string of the molecule is CCCCOc1ncc2nc(OC)n(CC3CCCNC3)c2n1. The van der Waals surface area contributed by atoms with Crippen molar-refractivity contribution in [2.45, 2.75) is 39.2 Å². The van der Waals surface area contributed by atoms with E-state index in [1.807, 2.05) is 4.57 Å². The van der Waals surface area contributed by atoms with Gasteiger partial charge in [-0.15, -0.1) is 0 Å². The molecule has 1 fully saturated rings. The molecule has 0 aromatic carbocycles. The topological polar surface area (TPSA) is 74.1 Å². The van der Waals surface area contributed by atoms with E-state index in [2.05, 4.69) is 27.2 Å². The van der Waals surface area contributed by atoms with Gasteiger partial charge < -0.3 is 14.8 Å². The molecule has 1 atom stereocenters. The number of ether oxygens (including phenoxy) is 2. The van der Waals surface area contributed by atoms with E-state index in [-0.39, 0.29) is 0 Å². The number of methoxy groups -OCH3 is 1. The van der Waals surface area contributed by atoms with Gasteiger partial charge in [0.05, 0.1) is 19.9 Å². The Morgan fingerprint density at radius 3 is 3.04 bits per heavy atom. The van der Waals surface area contributed by atoms with Crippen molar-refractivity contribution < 1.29 is 9.47 Å². The summed E-state index contributed by atoms with van der Waals surface area (Å²) in [5.41, 5.74) is 1.53. The highest BCUT2D eigenvalue weighted by molar-refractivity contribution is 5.71. The molecule has 1 unspecified atom stereocenters. The lowest BCUT2D eigenvalue weighted by Gasteiger charge is -2.23. The van der Waals surface area contributed by atoms with Crippen molar-refractivity contribution in [2.24, 2.45) is 5.92 Å². The van der Waals surface area contributed by atoms with Crippen molar-refractivity contribution in [2.75, 3.05) is 26.8 Å². The average Bonchev–Trinajstić information content (AvgIpc) is 2.93. The van der Waals surface area contributed by atoms with Crippen LogP contribution in [0.25, 0.3) is 11.2 Å². The van der Waals surface area contributed by atoms with E-state index in [1.165, 1.54) is 12.8 Å². The molecule has 0 aliphatic carbocycles. The zero-order valence-electron chi connectivity index (χ0n) is 13.9. The summed E-state index contributed by atoms with van der Waals surface area (Å²) >= 11 is 0. The first-order valence-corrected chi connectivity index (χ1v) is 8.42. The lowest BCUT2D eigenvalue weighted by Crippen LogP contribution is -2.32. The third-order valence-corrected chi connectivity index (χ3v) is 4.18. The summed E-state index contributed by atoms with van der Waals surface area (Å²) in [6, 6.07) is 1.00. The molecule has 3 rings (SSSR count). The monoisotopic (exact) mass is 319 g/mol. The van der Waals surface area contributed by atoms with Crippen LogP contribution in [0.5, 0.6) is 12.0 Å². The molecule has 2 aromatic rings. The first kappa shape index (κ1) is 16.0. The van der Waals surface area contributed by atoms with E-state index in [0.29, 0.717) is 24.5 Å². The summed E-state index contributed by atoms with van der Waals surface area (Å²) in [7, 11) is 1.64. The van der Waals surface area contributed by atoms with Crippen LogP contribution < -0.4 is 14.8 Å².